The van der Waals surface area contributed by atoms with Crippen molar-refractivity contribution in [3.8, 4) is 0 Å². The van der Waals surface area contributed by atoms with Crippen molar-refractivity contribution in [2.24, 2.45) is 17.8 Å². The fourth-order valence-corrected chi connectivity index (χ4v) is 5.91. The van der Waals surface area contributed by atoms with Gasteiger partial charge in [-0.1, -0.05) is 0 Å². The first-order valence-electron chi connectivity index (χ1n) is 8.23. The molecule has 128 valence electrons. The second-order valence-electron chi connectivity index (χ2n) is 7.43. The summed E-state index contributed by atoms with van der Waals surface area (Å²) in [5.41, 5.74) is -0.713. The van der Waals surface area contributed by atoms with Gasteiger partial charge in [-0.3, -0.25) is 20.2 Å². The molecule has 0 saturated heterocycles. The zero-order valence-corrected chi connectivity index (χ0v) is 13.9. The van der Waals surface area contributed by atoms with Crippen molar-refractivity contribution in [2.45, 2.75) is 49.0 Å². The van der Waals surface area contributed by atoms with Crippen molar-refractivity contribution in [1.82, 2.24) is 0 Å². The molecule has 4 aliphatic rings. The van der Waals surface area contributed by atoms with Crippen LogP contribution in [0.1, 0.15) is 38.5 Å². The molecule has 24 heavy (non-hydrogen) atoms. The van der Waals surface area contributed by atoms with Crippen LogP contribution in [0.25, 0.3) is 0 Å². The largest absolute Gasteiger partial charge is 0.303 e. The van der Waals surface area contributed by atoms with Gasteiger partial charge in [0, 0.05) is 18.1 Å². The zero-order valence-electron chi connectivity index (χ0n) is 13.1. The van der Waals surface area contributed by atoms with Gasteiger partial charge in [0.15, 0.2) is 0 Å². The highest BCUT2D eigenvalue weighted by molar-refractivity contribution is 7.94. The molecule has 1 aromatic carbocycles. The second-order valence-corrected chi connectivity index (χ2v) is 8.21. The van der Waals surface area contributed by atoms with Gasteiger partial charge < -0.3 is 4.18 Å². The number of hydrogen-bond acceptors (Lipinski definition) is 6. The highest BCUT2D eigenvalue weighted by Gasteiger charge is 2.52. The van der Waals surface area contributed by atoms with E-state index >= 15 is 0 Å². The average molecular weight is 350 g/mol. The van der Waals surface area contributed by atoms with Gasteiger partial charge >= 0.3 is 0 Å². The van der Waals surface area contributed by atoms with Crippen LogP contribution >= 0.6 is 12.0 Å². The molecule has 0 unspecified atom stereocenters. The molecule has 0 N–H and O–H groups in total. The van der Waals surface area contributed by atoms with Crippen LogP contribution in [0.15, 0.2) is 23.1 Å². The monoisotopic (exact) mass is 350 g/mol. The molecule has 0 spiro atoms. The first kappa shape index (κ1) is 15.8. The quantitative estimate of drug-likeness (QED) is 0.441. The van der Waals surface area contributed by atoms with Crippen LogP contribution in [0.4, 0.5) is 11.4 Å². The van der Waals surface area contributed by atoms with Crippen LogP contribution in [0.5, 0.6) is 0 Å². The molecule has 7 nitrogen and oxygen atoms in total. The topological polar surface area (TPSA) is 95.5 Å². The Morgan fingerprint density at radius 2 is 1.58 bits per heavy atom. The Hall–Kier alpha value is -1.67. The smallest absolute Gasteiger partial charge is 0.292 e. The maximum absolute atomic E-state index is 11.2. The van der Waals surface area contributed by atoms with E-state index in [4.69, 9.17) is 4.18 Å². The molecule has 4 saturated carbocycles. The number of non-ortho nitro benzene ring substituents is 1. The molecule has 5 rings (SSSR count). The lowest BCUT2D eigenvalue weighted by Crippen LogP contribution is -2.51. The van der Waals surface area contributed by atoms with Crippen LogP contribution < -0.4 is 0 Å². The van der Waals surface area contributed by atoms with E-state index in [1.54, 1.807) is 0 Å². The molecule has 4 fully saturated rings. The van der Waals surface area contributed by atoms with Gasteiger partial charge in [0.2, 0.25) is 0 Å². The molecule has 0 atom stereocenters. The summed E-state index contributed by atoms with van der Waals surface area (Å²) < 4.78 is 6.16. The maximum Gasteiger partial charge on any atom is 0.292 e. The molecular formula is C16H18N2O5S. The van der Waals surface area contributed by atoms with Crippen molar-refractivity contribution in [3.05, 3.63) is 38.4 Å². The van der Waals surface area contributed by atoms with E-state index in [1.165, 1.54) is 31.4 Å². The fourth-order valence-electron chi connectivity index (χ4n) is 5.10. The molecule has 0 heterocycles. The van der Waals surface area contributed by atoms with Crippen LogP contribution in [-0.4, -0.2) is 15.4 Å². The van der Waals surface area contributed by atoms with Crippen molar-refractivity contribution in [2.75, 3.05) is 0 Å². The third-order valence-corrected chi connectivity index (χ3v) is 6.60. The van der Waals surface area contributed by atoms with Gasteiger partial charge in [-0.05, 0) is 62.3 Å². The van der Waals surface area contributed by atoms with E-state index in [-0.39, 0.29) is 17.0 Å². The number of benzene rings is 1. The van der Waals surface area contributed by atoms with Gasteiger partial charge in [0.05, 0.1) is 21.5 Å². The number of nitrogens with zero attached hydrogens (tertiary/aromatic N) is 2. The first-order valence-corrected chi connectivity index (χ1v) is 8.97. The standard InChI is InChI=1S/C16H18N2O5S/c19-17(20)13-1-2-15(14(6-13)18(21)22)24-23-16-7-10-3-11(8-16)5-12(4-10)9-16/h1-2,6,10-12H,3-5,7-9H2. The Bertz CT molecular complexity index is 672. The summed E-state index contributed by atoms with van der Waals surface area (Å²) in [6.45, 7) is 0. The lowest BCUT2D eigenvalue weighted by molar-refractivity contribution is -0.396. The lowest BCUT2D eigenvalue weighted by Gasteiger charge is -2.55. The van der Waals surface area contributed by atoms with Gasteiger partial charge in [-0.2, -0.15) is 0 Å². The molecule has 4 aliphatic carbocycles. The zero-order chi connectivity index (χ0) is 16.9. The number of rotatable bonds is 5. The van der Waals surface area contributed by atoms with Crippen LogP contribution in [0, 0.1) is 38.0 Å². The highest BCUT2D eigenvalue weighted by Crippen LogP contribution is 2.58. The van der Waals surface area contributed by atoms with Crippen LogP contribution in [0.3, 0.4) is 0 Å². The van der Waals surface area contributed by atoms with Gasteiger partial charge in [0.25, 0.3) is 11.4 Å². The Kier molecular flexibility index (Phi) is 3.76. The van der Waals surface area contributed by atoms with E-state index < -0.39 is 9.85 Å². The molecule has 8 heteroatoms. The van der Waals surface area contributed by atoms with E-state index in [9.17, 15) is 20.2 Å². The summed E-state index contributed by atoms with van der Waals surface area (Å²) in [5.74, 6) is 2.18. The van der Waals surface area contributed by atoms with Crippen molar-refractivity contribution >= 4 is 23.4 Å². The lowest BCUT2D eigenvalue weighted by atomic mass is 9.54. The van der Waals surface area contributed by atoms with Crippen LogP contribution in [-0.2, 0) is 4.18 Å². The maximum atomic E-state index is 11.2. The first-order chi connectivity index (χ1) is 11.4. The van der Waals surface area contributed by atoms with E-state index in [1.807, 2.05) is 0 Å². The predicted molar refractivity (Wildman–Crippen MR) is 87.6 cm³/mol. The third kappa shape index (κ3) is 2.77. The number of nitro groups is 2. The molecule has 1 aromatic rings. The Balaban J connectivity index is 1.54. The summed E-state index contributed by atoms with van der Waals surface area (Å²) in [6, 6.07) is 3.71. The van der Waals surface area contributed by atoms with E-state index in [2.05, 4.69) is 0 Å². The molecule has 0 aliphatic heterocycles. The predicted octanol–water partition coefficient (Wildman–Crippen LogP) is 4.50. The Morgan fingerprint density at radius 3 is 2.08 bits per heavy atom. The van der Waals surface area contributed by atoms with E-state index in [0.717, 1.165) is 55.1 Å². The normalized spacial score (nSPS) is 33.6. The van der Waals surface area contributed by atoms with Gasteiger partial charge in [-0.25, -0.2) is 0 Å². The van der Waals surface area contributed by atoms with Crippen molar-refractivity contribution < 1.29 is 14.0 Å². The molecule has 0 radical (unpaired) electrons. The van der Waals surface area contributed by atoms with E-state index in [0.29, 0.717) is 4.90 Å². The minimum absolute atomic E-state index is 0.172. The summed E-state index contributed by atoms with van der Waals surface area (Å²) in [5, 5.41) is 22.1. The minimum atomic E-state index is -0.624. The SMILES string of the molecule is O=[N+]([O-])c1ccc(SOC23CC4CC(CC(C4)C2)C3)c([N+](=O)[O-])c1. The molecule has 0 aromatic heterocycles. The van der Waals surface area contributed by atoms with Crippen molar-refractivity contribution in [3.63, 3.8) is 0 Å². The summed E-state index contributed by atoms with van der Waals surface area (Å²) in [4.78, 5) is 21.2. The highest BCUT2D eigenvalue weighted by atomic mass is 32.2. The second kappa shape index (κ2) is 5.70. The van der Waals surface area contributed by atoms with Crippen LogP contribution in [0.2, 0.25) is 0 Å². The fraction of sp³-hybridized carbons (Fsp3) is 0.625. The summed E-state index contributed by atoms with van der Waals surface area (Å²) >= 11 is 1.02. The third-order valence-electron chi connectivity index (χ3n) is 5.64. The molecule has 0 amide bonds. The minimum Gasteiger partial charge on any atom is -0.303 e. The van der Waals surface area contributed by atoms with Gasteiger partial charge in [0.1, 0.15) is 4.90 Å². The number of hydrogen-bond donors (Lipinski definition) is 0. The Labute approximate surface area is 143 Å². The molecular weight excluding hydrogens is 332 g/mol. The summed E-state index contributed by atoms with van der Waals surface area (Å²) in [6.07, 6.45) is 6.99. The Morgan fingerprint density at radius 1 is 1.00 bits per heavy atom. The van der Waals surface area contributed by atoms with Crippen molar-refractivity contribution in [1.29, 1.82) is 0 Å². The summed E-state index contributed by atoms with van der Waals surface area (Å²) in [7, 11) is 0. The average Bonchev–Trinajstić information content (AvgIpc) is 2.51. The number of nitro benzene ring substituents is 2. The van der Waals surface area contributed by atoms with Gasteiger partial charge in [-0.15, -0.1) is 0 Å². The molecule has 4 bridgehead atoms.